The number of carbonyl (C=O) groups is 1. The highest BCUT2D eigenvalue weighted by molar-refractivity contribution is 7.89. The SMILES string of the molecule is CONS(=O)(=O)c1ccc(CNC(C)=O)cc1. The molecule has 0 bridgehead atoms. The van der Waals surface area contributed by atoms with Crippen LogP contribution in [-0.4, -0.2) is 21.4 Å². The van der Waals surface area contributed by atoms with Crippen molar-refractivity contribution in [1.29, 1.82) is 0 Å². The molecular weight excluding hydrogens is 244 g/mol. The molecule has 0 fully saturated rings. The third-order valence-electron chi connectivity index (χ3n) is 1.97. The van der Waals surface area contributed by atoms with Crippen LogP contribution in [0.15, 0.2) is 29.2 Å². The quantitative estimate of drug-likeness (QED) is 0.737. The van der Waals surface area contributed by atoms with E-state index in [0.29, 0.717) is 6.54 Å². The summed E-state index contributed by atoms with van der Waals surface area (Å²) in [5.74, 6) is -0.136. The van der Waals surface area contributed by atoms with Gasteiger partial charge < -0.3 is 5.32 Å². The van der Waals surface area contributed by atoms with Gasteiger partial charge in [-0.25, -0.2) is 8.42 Å². The van der Waals surface area contributed by atoms with Crippen molar-refractivity contribution in [2.24, 2.45) is 0 Å². The van der Waals surface area contributed by atoms with Crippen LogP contribution in [0.2, 0.25) is 0 Å². The molecule has 1 rings (SSSR count). The Balaban J connectivity index is 2.78. The average Bonchev–Trinajstić information content (AvgIpc) is 2.27. The fourth-order valence-electron chi connectivity index (χ4n) is 1.17. The van der Waals surface area contributed by atoms with Gasteiger partial charge in [0.25, 0.3) is 10.0 Å². The van der Waals surface area contributed by atoms with E-state index in [1.165, 1.54) is 26.2 Å². The highest BCUT2D eigenvalue weighted by atomic mass is 32.2. The van der Waals surface area contributed by atoms with Crippen LogP contribution in [0, 0.1) is 0 Å². The second kappa shape index (κ2) is 5.76. The number of sulfonamides is 1. The van der Waals surface area contributed by atoms with E-state index >= 15 is 0 Å². The molecule has 0 heterocycles. The minimum Gasteiger partial charge on any atom is -0.352 e. The lowest BCUT2D eigenvalue weighted by Crippen LogP contribution is -2.22. The lowest BCUT2D eigenvalue weighted by molar-refractivity contribution is -0.119. The first kappa shape index (κ1) is 13.6. The molecule has 2 N–H and O–H groups in total. The van der Waals surface area contributed by atoms with Gasteiger partial charge in [0, 0.05) is 13.5 Å². The maximum atomic E-state index is 11.5. The van der Waals surface area contributed by atoms with E-state index in [1.807, 2.05) is 4.89 Å². The summed E-state index contributed by atoms with van der Waals surface area (Å²) in [6, 6.07) is 6.14. The number of benzene rings is 1. The van der Waals surface area contributed by atoms with E-state index in [2.05, 4.69) is 10.2 Å². The summed E-state index contributed by atoms with van der Waals surface area (Å²) in [4.78, 5) is 17.1. The maximum Gasteiger partial charge on any atom is 0.262 e. The summed E-state index contributed by atoms with van der Waals surface area (Å²) >= 11 is 0. The van der Waals surface area contributed by atoms with Gasteiger partial charge in [0.15, 0.2) is 0 Å². The van der Waals surface area contributed by atoms with Crippen LogP contribution in [0.4, 0.5) is 0 Å². The third-order valence-corrected chi connectivity index (χ3v) is 3.25. The lowest BCUT2D eigenvalue weighted by Gasteiger charge is -2.06. The molecule has 1 amide bonds. The summed E-state index contributed by atoms with van der Waals surface area (Å²) in [5.41, 5.74) is 0.816. The Morgan fingerprint density at radius 3 is 2.35 bits per heavy atom. The Bertz CT molecular complexity index is 482. The molecule has 1 aromatic carbocycles. The molecule has 0 unspecified atom stereocenters. The van der Waals surface area contributed by atoms with Crippen LogP contribution in [-0.2, 0) is 26.2 Å². The summed E-state index contributed by atoms with van der Waals surface area (Å²) in [7, 11) is -2.39. The molecular formula is C10H14N2O4S. The Hall–Kier alpha value is -1.44. The summed E-state index contributed by atoms with van der Waals surface area (Å²) < 4.78 is 23.0. The van der Waals surface area contributed by atoms with Crippen LogP contribution in [0.25, 0.3) is 0 Å². The molecule has 0 saturated heterocycles. The zero-order valence-corrected chi connectivity index (χ0v) is 10.4. The van der Waals surface area contributed by atoms with E-state index in [0.717, 1.165) is 5.56 Å². The lowest BCUT2D eigenvalue weighted by atomic mass is 10.2. The first-order valence-electron chi connectivity index (χ1n) is 4.84. The van der Waals surface area contributed by atoms with Crippen molar-refractivity contribution >= 4 is 15.9 Å². The largest absolute Gasteiger partial charge is 0.352 e. The van der Waals surface area contributed by atoms with E-state index in [-0.39, 0.29) is 10.8 Å². The Morgan fingerprint density at radius 2 is 1.88 bits per heavy atom. The van der Waals surface area contributed by atoms with Crippen LogP contribution in [0.1, 0.15) is 12.5 Å². The van der Waals surface area contributed by atoms with Gasteiger partial charge in [-0.3, -0.25) is 9.63 Å². The van der Waals surface area contributed by atoms with Gasteiger partial charge in [-0.05, 0) is 17.7 Å². The van der Waals surface area contributed by atoms with Gasteiger partial charge >= 0.3 is 0 Å². The van der Waals surface area contributed by atoms with Crippen molar-refractivity contribution in [3.05, 3.63) is 29.8 Å². The summed E-state index contributed by atoms with van der Waals surface area (Å²) in [5, 5.41) is 2.62. The Kier molecular flexibility index (Phi) is 4.62. The van der Waals surface area contributed by atoms with Crippen molar-refractivity contribution in [2.45, 2.75) is 18.4 Å². The topological polar surface area (TPSA) is 84.5 Å². The second-order valence-electron chi connectivity index (χ2n) is 3.34. The highest BCUT2D eigenvalue weighted by Gasteiger charge is 2.12. The van der Waals surface area contributed by atoms with Crippen molar-refractivity contribution in [2.75, 3.05) is 7.11 Å². The smallest absolute Gasteiger partial charge is 0.262 e. The normalized spacial score (nSPS) is 11.2. The molecule has 94 valence electrons. The monoisotopic (exact) mass is 258 g/mol. The molecule has 0 aliphatic heterocycles. The van der Waals surface area contributed by atoms with E-state index in [1.54, 1.807) is 12.1 Å². The van der Waals surface area contributed by atoms with E-state index in [4.69, 9.17) is 0 Å². The molecule has 0 aliphatic carbocycles. The number of amides is 1. The zero-order chi connectivity index (χ0) is 12.9. The molecule has 0 atom stereocenters. The number of rotatable bonds is 5. The molecule has 7 heteroatoms. The first-order valence-corrected chi connectivity index (χ1v) is 6.32. The van der Waals surface area contributed by atoms with Crippen LogP contribution in [0.5, 0.6) is 0 Å². The van der Waals surface area contributed by atoms with Crippen molar-refractivity contribution in [3.63, 3.8) is 0 Å². The first-order chi connectivity index (χ1) is 7.95. The summed E-state index contributed by atoms with van der Waals surface area (Å²) in [6.07, 6.45) is 0. The molecule has 1 aromatic rings. The van der Waals surface area contributed by atoms with Gasteiger partial charge in [-0.15, -0.1) is 0 Å². The van der Waals surface area contributed by atoms with Gasteiger partial charge in [-0.2, -0.15) is 0 Å². The number of hydrogen-bond donors (Lipinski definition) is 2. The molecule has 0 saturated carbocycles. The van der Waals surface area contributed by atoms with Gasteiger partial charge in [0.2, 0.25) is 5.91 Å². The fraction of sp³-hybridized carbons (Fsp3) is 0.300. The number of hydrogen-bond acceptors (Lipinski definition) is 4. The van der Waals surface area contributed by atoms with Crippen molar-refractivity contribution in [1.82, 2.24) is 10.2 Å². The predicted octanol–water partition coefficient (Wildman–Crippen LogP) is 0.162. The third kappa shape index (κ3) is 4.14. The number of carbonyl (C=O) groups excluding carboxylic acids is 1. The van der Waals surface area contributed by atoms with Gasteiger partial charge in [-0.1, -0.05) is 17.0 Å². The molecule has 0 radical (unpaired) electrons. The van der Waals surface area contributed by atoms with Crippen LogP contribution < -0.4 is 10.2 Å². The molecule has 0 spiro atoms. The van der Waals surface area contributed by atoms with Crippen LogP contribution >= 0.6 is 0 Å². The molecule has 0 aromatic heterocycles. The van der Waals surface area contributed by atoms with Crippen molar-refractivity contribution < 1.29 is 18.0 Å². The average molecular weight is 258 g/mol. The second-order valence-corrected chi connectivity index (χ2v) is 4.99. The van der Waals surface area contributed by atoms with E-state index < -0.39 is 10.0 Å². The van der Waals surface area contributed by atoms with Gasteiger partial charge in [0.05, 0.1) is 12.0 Å². The number of nitrogens with one attached hydrogen (secondary N) is 2. The maximum absolute atomic E-state index is 11.5. The van der Waals surface area contributed by atoms with Crippen molar-refractivity contribution in [3.8, 4) is 0 Å². The van der Waals surface area contributed by atoms with E-state index in [9.17, 15) is 13.2 Å². The minimum absolute atomic E-state index is 0.103. The Morgan fingerprint density at radius 1 is 1.29 bits per heavy atom. The zero-order valence-electron chi connectivity index (χ0n) is 9.56. The predicted molar refractivity (Wildman–Crippen MR) is 61.3 cm³/mol. The minimum atomic E-state index is -3.62. The van der Waals surface area contributed by atoms with Crippen LogP contribution in [0.3, 0.4) is 0 Å². The molecule has 6 nitrogen and oxygen atoms in total. The van der Waals surface area contributed by atoms with Gasteiger partial charge in [0.1, 0.15) is 0 Å². The molecule has 17 heavy (non-hydrogen) atoms. The Labute approximate surface area is 100.0 Å². The standard InChI is InChI=1S/C10H14N2O4S/c1-8(13)11-7-9-3-5-10(6-4-9)17(14,15)12-16-2/h3-6,12H,7H2,1-2H3,(H,11,13). The highest BCUT2D eigenvalue weighted by Crippen LogP contribution is 2.10. The summed E-state index contributed by atoms with van der Waals surface area (Å²) in [6.45, 7) is 1.79. The fourth-order valence-corrected chi connectivity index (χ4v) is 1.98. The molecule has 0 aliphatic rings.